The van der Waals surface area contributed by atoms with E-state index in [-0.39, 0.29) is 11.9 Å². The van der Waals surface area contributed by atoms with E-state index in [1.54, 1.807) is 0 Å². The molecule has 0 spiro atoms. The summed E-state index contributed by atoms with van der Waals surface area (Å²) in [6, 6.07) is 0.855. The van der Waals surface area contributed by atoms with Crippen LogP contribution in [0.1, 0.15) is 19.8 Å². The highest BCUT2D eigenvalue weighted by Gasteiger charge is 2.41. The zero-order chi connectivity index (χ0) is 10.8. The number of hydrogen-bond acceptors (Lipinski definition) is 4. The third-order valence-corrected chi connectivity index (χ3v) is 4.14. The fourth-order valence-corrected chi connectivity index (χ4v) is 3.47. The Balaban J connectivity index is 1.96. The summed E-state index contributed by atoms with van der Waals surface area (Å²) < 4.78 is 5.07. The SMILES string of the molecule is CCOC(=O)C1CC(Br)C2NCNC2C1. The van der Waals surface area contributed by atoms with Gasteiger partial charge in [-0.1, -0.05) is 15.9 Å². The Labute approximate surface area is 98.3 Å². The van der Waals surface area contributed by atoms with Gasteiger partial charge >= 0.3 is 5.97 Å². The molecule has 0 aromatic carbocycles. The molecular weight excluding hydrogens is 260 g/mol. The Morgan fingerprint density at radius 1 is 1.47 bits per heavy atom. The van der Waals surface area contributed by atoms with Crippen molar-refractivity contribution in [3.05, 3.63) is 0 Å². The summed E-state index contributed by atoms with van der Waals surface area (Å²) in [4.78, 5) is 12.0. The van der Waals surface area contributed by atoms with E-state index in [9.17, 15) is 4.79 Å². The van der Waals surface area contributed by atoms with E-state index in [4.69, 9.17) is 4.74 Å². The van der Waals surface area contributed by atoms with Crippen molar-refractivity contribution in [3.8, 4) is 0 Å². The molecule has 1 aliphatic carbocycles. The third-order valence-electron chi connectivity index (χ3n) is 3.19. The highest BCUT2D eigenvalue weighted by molar-refractivity contribution is 9.09. The van der Waals surface area contributed by atoms with E-state index in [1.807, 2.05) is 6.92 Å². The number of fused-ring (bicyclic) bond motifs is 1. The molecule has 1 heterocycles. The van der Waals surface area contributed by atoms with Gasteiger partial charge in [-0.25, -0.2) is 0 Å². The van der Waals surface area contributed by atoms with Crippen LogP contribution in [0.5, 0.6) is 0 Å². The maximum Gasteiger partial charge on any atom is 0.309 e. The van der Waals surface area contributed by atoms with Crippen molar-refractivity contribution in [2.75, 3.05) is 13.3 Å². The minimum absolute atomic E-state index is 0.0444. The second kappa shape index (κ2) is 4.80. The molecule has 1 aliphatic heterocycles. The van der Waals surface area contributed by atoms with Crippen LogP contribution >= 0.6 is 15.9 Å². The van der Waals surface area contributed by atoms with Crippen LogP contribution in [-0.2, 0) is 9.53 Å². The number of carbonyl (C=O) groups excluding carboxylic acids is 1. The number of alkyl halides is 1. The third kappa shape index (κ3) is 2.34. The van der Waals surface area contributed by atoms with Gasteiger partial charge < -0.3 is 10.1 Å². The van der Waals surface area contributed by atoms with Gasteiger partial charge in [0.25, 0.3) is 0 Å². The topological polar surface area (TPSA) is 50.4 Å². The Morgan fingerprint density at radius 3 is 3.00 bits per heavy atom. The molecular formula is C10H17BrN2O2. The van der Waals surface area contributed by atoms with E-state index in [0.717, 1.165) is 19.5 Å². The number of nitrogens with one attached hydrogen (secondary N) is 2. The van der Waals surface area contributed by atoms with E-state index >= 15 is 0 Å². The highest BCUT2D eigenvalue weighted by atomic mass is 79.9. The number of halogens is 1. The minimum Gasteiger partial charge on any atom is -0.466 e. The monoisotopic (exact) mass is 276 g/mol. The molecule has 0 aromatic heterocycles. The lowest BCUT2D eigenvalue weighted by molar-refractivity contribution is -0.149. The summed E-state index contributed by atoms with van der Waals surface area (Å²) in [6.45, 7) is 3.17. The summed E-state index contributed by atoms with van der Waals surface area (Å²) in [6.07, 6.45) is 1.76. The Bertz CT molecular complexity index is 250. The first-order valence-electron chi connectivity index (χ1n) is 5.50. The van der Waals surface area contributed by atoms with E-state index in [1.165, 1.54) is 0 Å². The second-order valence-corrected chi connectivity index (χ2v) is 5.33. The molecule has 5 heteroatoms. The lowest BCUT2D eigenvalue weighted by Crippen LogP contribution is -2.48. The standard InChI is InChI=1S/C10H17BrN2O2/c1-2-15-10(14)6-3-7(11)9-8(4-6)12-5-13-9/h6-9,12-13H,2-5H2,1H3. The van der Waals surface area contributed by atoms with Crippen LogP contribution in [0.2, 0.25) is 0 Å². The van der Waals surface area contributed by atoms with Crippen molar-refractivity contribution in [2.24, 2.45) is 5.92 Å². The summed E-state index contributed by atoms with van der Waals surface area (Å²) in [5.41, 5.74) is 0. The lowest BCUT2D eigenvalue weighted by atomic mass is 9.83. The summed E-state index contributed by atoms with van der Waals surface area (Å²) in [5.74, 6) is -0.00271. The van der Waals surface area contributed by atoms with Crippen LogP contribution in [0.25, 0.3) is 0 Å². The number of ether oxygens (including phenoxy) is 1. The number of rotatable bonds is 2. The Kier molecular flexibility index (Phi) is 3.64. The van der Waals surface area contributed by atoms with Gasteiger partial charge in [-0.15, -0.1) is 0 Å². The maximum absolute atomic E-state index is 11.6. The molecule has 86 valence electrons. The molecule has 4 atom stereocenters. The van der Waals surface area contributed by atoms with Gasteiger partial charge in [0.15, 0.2) is 0 Å². The van der Waals surface area contributed by atoms with Gasteiger partial charge in [0.1, 0.15) is 0 Å². The second-order valence-electron chi connectivity index (χ2n) is 4.15. The van der Waals surface area contributed by atoms with Crippen molar-refractivity contribution in [3.63, 3.8) is 0 Å². The number of hydrogen-bond donors (Lipinski definition) is 2. The van der Waals surface area contributed by atoms with Crippen molar-refractivity contribution < 1.29 is 9.53 Å². The van der Waals surface area contributed by atoms with Gasteiger partial charge in [-0.3, -0.25) is 10.1 Å². The van der Waals surface area contributed by atoms with Gasteiger partial charge in [0.05, 0.1) is 12.5 Å². The molecule has 2 rings (SSSR count). The number of carbonyl (C=O) groups is 1. The normalized spacial score (nSPS) is 39.9. The molecule has 1 saturated heterocycles. The zero-order valence-electron chi connectivity index (χ0n) is 8.83. The van der Waals surface area contributed by atoms with Crippen LogP contribution in [0.3, 0.4) is 0 Å². The minimum atomic E-state index is -0.0471. The van der Waals surface area contributed by atoms with Crippen molar-refractivity contribution in [2.45, 2.75) is 36.7 Å². The molecule has 2 N–H and O–H groups in total. The van der Waals surface area contributed by atoms with Gasteiger partial charge in [0, 0.05) is 23.6 Å². The van der Waals surface area contributed by atoms with Crippen molar-refractivity contribution in [1.29, 1.82) is 0 Å². The van der Waals surface area contributed by atoms with Crippen LogP contribution in [-0.4, -0.2) is 36.2 Å². The summed E-state index contributed by atoms with van der Waals surface area (Å²) in [7, 11) is 0. The summed E-state index contributed by atoms with van der Waals surface area (Å²) in [5, 5.41) is 6.76. The van der Waals surface area contributed by atoms with Crippen LogP contribution in [0.4, 0.5) is 0 Å². The molecule has 1 saturated carbocycles. The molecule has 2 fully saturated rings. The molecule has 0 bridgehead atoms. The van der Waals surface area contributed by atoms with E-state index in [2.05, 4.69) is 26.6 Å². The predicted octanol–water partition coefficient (Wildman–Crippen LogP) is 0.610. The fraction of sp³-hybridized carbons (Fsp3) is 0.900. The van der Waals surface area contributed by atoms with Gasteiger partial charge in [-0.05, 0) is 19.8 Å². The molecule has 4 nitrogen and oxygen atoms in total. The Hall–Kier alpha value is -0.130. The molecule has 2 aliphatic rings. The Morgan fingerprint density at radius 2 is 2.27 bits per heavy atom. The largest absolute Gasteiger partial charge is 0.466 e. The van der Waals surface area contributed by atoms with E-state index in [0.29, 0.717) is 23.5 Å². The fourth-order valence-electron chi connectivity index (χ4n) is 2.46. The highest BCUT2D eigenvalue weighted by Crippen LogP contribution is 2.32. The first-order valence-corrected chi connectivity index (χ1v) is 6.41. The van der Waals surface area contributed by atoms with Crippen LogP contribution < -0.4 is 10.6 Å². The van der Waals surface area contributed by atoms with E-state index < -0.39 is 0 Å². The zero-order valence-corrected chi connectivity index (χ0v) is 10.4. The predicted molar refractivity (Wildman–Crippen MR) is 60.8 cm³/mol. The van der Waals surface area contributed by atoms with Crippen molar-refractivity contribution in [1.82, 2.24) is 10.6 Å². The average molecular weight is 277 g/mol. The van der Waals surface area contributed by atoms with Crippen molar-refractivity contribution >= 4 is 21.9 Å². The lowest BCUT2D eigenvalue weighted by Gasteiger charge is -2.33. The first kappa shape index (κ1) is 11.4. The number of esters is 1. The quantitative estimate of drug-likeness (QED) is 0.573. The molecule has 0 amide bonds. The smallest absolute Gasteiger partial charge is 0.309 e. The van der Waals surface area contributed by atoms with Gasteiger partial charge in [0.2, 0.25) is 0 Å². The van der Waals surface area contributed by atoms with Gasteiger partial charge in [-0.2, -0.15) is 0 Å². The molecule has 15 heavy (non-hydrogen) atoms. The summed E-state index contributed by atoms with van der Waals surface area (Å²) >= 11 is 3.64. The van der Waals surface area contributed by atoms with Crippen LogP contribution in [0.15, 0.2) is 0 Å². The maximum atomic E-state index is 11.6. The first-order chi connectivity index (χ1) is 7.22. The molecule has 4 unspecified atom stereocenters. The average Bonchev–Trinajstić information content (AvgIpc) is 2.66. The van der Waals surface area contributed by atoms with Crippen LogP contribution in [0, 0.1) is 5.92 Å². The molecule has 0 radical (unpaired) electrons. The molecule has 0 aromatic rings.